The molecule has 0 bridgehead atoms. The Balaban J connectivity index is 1.88. The third kappa shape index (κ3) is 3.32. The maximum atomic E-state index is 3.17. The van der Waals surface area contributed by atoms with Crippen LogP contribution >= 0.6 is 0 Å². The SMILES string of the molecule is CNCc1ccc(CN2CCCCC2)cc1. The van der Waals surface area contributed by atoms with Crippen molar-refractivity contribution in [1.29, 1.82) is 0 Å². The van der Waals surface area contributed by atoms with Gasteiger partial charge in [-0.15, -0.1) is 0 Å². The molecule has 1 saturated heterocycles. The second-order valence-corrected chi connectivity index (χ2v) is 4.68. The monoisotopic (exact) mass is 218 g/mol. The molecule has 16 heavy (non-hydrogen) atoms. The van der Waals surface area contributed by atoms with E-state index in [4.69, 9.17) is 0 Å². The number of rotatable bonds is 4. The van der Waals surface area contributed by atoms with E-state index in [-0.39, 0.29) is 0 Å². The van der Waals surface area contributed by atoms with Gasteiger partial charge in [0.25, 0.3) is 0 Å². The average molecular weight is 218 g/mol. The molecule has 0 atom stereocenters. The van der Waals surface area contributed by atoms with Gasteiger partial charge in [-0.05, 0) is 44.1 Å². The van der Waals surface area contributed by atoms with Crippen LogP contribution in [0.1, 0.15) is 30.4 Å². The van der Waals surface area contributed by atoms with E-state index in [1.807, 2.05) is 7.05 Å². The van der Waals surface area contributed by atoms with Gasteiger partial charge in [-0.1, -0.05) is 30.7 Å². The molecule has 0 amide bonds. The average Bonchev–Trinajstić information content (AvgIpc) is 2.33. The molecule has 2 nitrogen and oxygen atoms in total. The van der Waals surface area contributed by atoms with Crippen LogP contribution in [0.4, 0.5) is 0 Å². The van der Waals surface area contributed by atoms with Gasteiger partial charge in [0, 0.05) is 13.1 Å². The molecule has 88 valence electrons. The van der Waals surface area contributed by atoms with Crippen LogP contribution in [0, 0.1) is 0 Å². The topological polar surface area (TPSA) is 15.3 Å². The van der Waals surface area contributed by atoms with Gasteiger partial charge >= 0.3 is 0 Å². The van der Waals surface area contributed by atoms with E-state index in [1.54, 1.807) is 0 Å². The van der Waals surface area contributed by atoms with Crippen molar-refractivity contribution in [3.8, 4) is 0 Å². The summed E-state index contributed by atoms with van der Waals surface area (Å²) in [5.74, 6) is 0. The van der Waals surface area contributed by atoms with E-state index in [0.29, 0.717) is 0 Å². The van der Waals surface area contributed by atoms with Crippen LogP contribution in [-0.2, 0) is 13.1 Å². The number of hydrogen-bond acceptors (Lipinski definition) is 2. The lowest BCUT2D eigenvalue weighted by Gasteiger charge is -2.26. The number of hydrogen-bond donors (Lipinski definition) is 1. The Morgan fingerprint density at radius 3 is 2.25 bits per heavy atom. The van der Waals surface area contributed by atoms with Crippen molar-refractivity contribution in [2.24, 2.45) is 0 Å². The smallest absolute Gasteiger partial charge is 0.0233 e. The number of piperidine rings is 1. The van der Waals surface area contributed by atoms with E-state index in [0.717, 1.165) is 13.1 Å². The van der Waals surface area contributed by atoms with Crippen molar-refractivity contribution in [3.63, 3.8) is 0 Å². The first-order valence-corrected chi connectivity index (χ1v) is 6.33. The molecular formula is C14H22N2. The Hall–Kier alpha value is -0.860. The predicted octanol–water partition coefficient (Wildman–Crippen LogP) is 2.39. The minimum Gasteiger partial charge on any atom is -0.316 e. The minimum atomic E-state index is 0.962. The van der Waals surface area contributed by atoms with E-state index in [1.165, 1.54) is 43.5 Å². The Labute approximate surface area is 98.7 Å². The first-order chi connectivity index (χ1) is 7.88. The number of nitrogens with one attached hydrogen (secondary N) is 1. The second-order valence-electron chi connectivity index (χ2n) is 4.68. The lowest BCUT2D eigenvalue weighted by Crippen LogP contribution is -2.29. The van der Waals surface area contributed by atoms with E-state index >= 15 is 0 Å². The Kier molecular flexibility index (Phi) is 4.37. The lowest BCUT2D eigenvalue weighted by molar-refractivity contribution is 0.221. The van der Waals surface area contributed by atoms with Gasteiger partial charge < -0.3 is 5.32 Å². The van der Waals surface area contributed by atoms with Gasteiger partial charge in [-0.3, -0.25) is 4.90 Å². The highest BCUT2D eigenvalue weighted by Crippen LogP contribution is 2.13. The summed E-state index contributed by atoms with van der Waals surface area (Å²) >= 11 is 0. The molecule has 2 heteroatoms. The second kappa shape index (κ2) is 6.02. The van der Waals surface area contributed by atoms with Crippen molar-refractivity contribution in [2.75, 3.05) is 20.1 Å². The van der Waals surface area contributed by atoms with Gasteiger partial charge in [0.05, 0.1) is 0 Å². The largest absolute Gasteiger partial charge is 0.316 e. The van der Waals surface area contributed by atoms with Crippen LogP contribution < -0.4 is 5.32 Å². The molecule has 2 rings (SSSR count). The summed E-state index contributed by atoms with van der Waals surface area (Å²) in [5, 5.41) is 3.17. The Morgan fingerprint density at radius 2 is 1.62 bits per heavy atom. The fraction of sp³-hybridized carbons (Fsp3) is 0.571. The summed E-state index contributed by atoms with van der Waals surface area (Å²) in [6, 6.07) is 8.99. The normalized spacial score (nSPS) is 17.6. The molecule has 0 spiro atoms. The summed E-state index contributed by atoms with van der Waals surface area (Å²) in [7, 11) is 1.99. The number of benzene rings is 1. The van der Waals surface area contributed by atoms with Crippen molar-refractivity contribution < 1.29 is 0 Å². The van der Waals surface area contributed by atoms with Gasteiger partial charge in [0.15, 0.2) is 0 Å². The first-order valence-electron chi connectivity index (χ1n) is 6.33. The summed E-state index contributed by atoms with van der Waals surface area (Å²) < 4.78 is 0. The predicted molar refractivity (Wildman–Crippen MR) is 68.3 cm³/mol. The molecule has 1 aliphatic heterocycles. The maximum Gasteiger partial charge on any atom is 0.0233 e. The van der Waals surface area contributed by atoms with Crippen molar-refractivity contribution in [2.45, 2.75) is 32.4 Å². The highest BCUT2D eigenvalue weighted by molar-refractivity contribution is 5.22. The zero-order valence-electron chi connectivity index (χ0n) is 10.2. The molecule has 1 fully saturated rings. The first kappa shape index (κ1) is 11.6. The number of likely N-dealkylation sites (tertiary alicyclic amines) is 1. The fourth-order valence-electron chi connectivity index (χ4n) is 2.34. The molecule has 1 aliphatic rings. The minimum absolute atomic E-state index is 0.962. The van der Waals surface area contributed by atoms with E-state index in [2.05, 4.69) is 34.5 Å². The molecule has 0 aliphatic carbocycles. The van der Waals surface area contributed by atoms with Gasteiger partial charge in [0.2, 0.25) is 0 Å². The maximum absolute atomic E-state index is 3.17. The van der Waals surface area contributed by atoms with Crippen LogP contribution in [0.3, 0.4) is 0 Å². The third-order valence-electron chi connectivity index (χ3n) is 3.26. The van der Waals surface area contributed by atoms with Crippen molar-refractivity contribution in [3.05, 3.63) is 35.4 Å². The summed E-state index contributed by atoms with van der Waals surface area (Å²) in [4.78, 5) is 2.57. The molecule has 1 aromatic rings. The van der Waals surface area contributed by atoms with E-state index < -0.39 is 0 Å². The molecule has 1 N–H and O–H groups in total. The highest BCUT2D eigenvalue weighted by Gasteiger charge is 2.09. The Bertz CT molecular complexity index is 299. The van der Waals surface area contributed by atoms with Crippen molar-refractivity contribution in [1.82, 2.24) is 10.2 Å². The van der Waals surface area contributed by atoms with Crippen LogP contribution in [-0.4, -0.2) is 25.0 Å². The van der Waals surface area contributed by atoms with Gasteiger partial charge in [-0.25, -0.2) is 0 Å². The highest BCUT2D eigenvalue weighted by atomic mass is 15.1. The molecule has 1 heterocycles. The Morgan fingerprint density at radius 1 is 1.00 bits per heavy atom. The summed E-state index contributed by atoms with van der Waals surface area (Å²) in [6.07, 6.45) is 4.16. The summed E-state index contributed by atoms with van der Waals surface area (Å²) in [5.41, 5.74) is 2.81. The zero-order chi connectivity index (χ0) is 11.2. The van der Waals surface area contributed by atoms with E-state index in [9.17, 15) is 0 Å². The van der Waals surface area contributed by atoms with Crippen molar-refractivity contribution >= 4 is 0 Å². The molecule has 0 aromatic heterocycles. The molecule has 0 saturated carbocycles. The lowest BCUT2D eigenvalue weighted by atomic mass is 10.1. The molecule has 0 unspecified atom stereocenters. The molecular weight excluding hydrogens is 196 g/mol. The van der Waals surface area contributed by atoms with Gasteiger partial charge in [-0.2, -0.15) is 0 Å². The standard InChI is InChI=1S/C14H22N2/c1-15-11-13-5-7-14(8-6-13)12-16-9-3-2-4-10-16/h5-8,15H,2-4,9-12H2,1H3. The third-order valence-corrected chi connectivity index (χ3v) is 3.26. The van der Waals surface area contributed by atoms with Crippen LogP contribution in [0.2, 0.25) is 0 Å². The van der Waals surface area contributed by atoms with Crippen LogP contribution in [0.5, 0.6) is 0 Å². The molecule has 1 aromatic carbocycles. The zero-order valence-corrected chi connectivity index (χ0v) is 10.2. The van der Waals surface area contributed by atoms with Crippen LogP contribution in [0.15, 0.2) is 24.3 Å². The van der Waals surface area contributed by atoms with Gasteiger partial charge in [0.1, 0.15) is 0 Å². The summed E-state index contributed by atoms with van der Waals surface area (Å²) in [6.45, 7) is 4.64. The van der Waals surface area contributed by atoms with Crippen LogP contribution in [0.25, 0.3) is 0 Å². The quantitative estimate of drug-likeness (QED) is 0.835. The fourth-order valence-corrected chi connectivity index (χ4v) is 2.34. The molecule has 0 radical (unpaired) electrons. The number of nitrogens with zero attached hydrogens (tertiary/aromatic N) is 1.